The molecule has 1 fully saturated rings. The highest BCUT2D eigenvalue weighted by Gasteiger charge is 2.27. The molecule has 1 rings (SSSR count). The number of hydrogen-bond acceptors (Lipinski definition) is 4. The Kier molecular flexibility index (Phi) is 6.38. The van der Waals surface area contributed by atoms with Crippen LogP contribution in [0.4, 0.5) is 0 Å². The van der Waals surface area contributed by atoms with E-state index in [1.807, 2.05) is 0 Å². The van der Waals surface area contributed by atoms with Crippen molar-refractivity contribution < 1.29 is 13.2 Å². The van der Waals surface area contributed by atoms with Gasteiger partial charge in [-0.1, -0.05) is 13.8 Å². The molecule has 1 unspecified atom stereocenters. The van der Waals surface area contributed by atoms with Gasteiger partial charge in [0.2, 0.25) is 5.91 Å². The van der Waals surface area contributed by atoms with Crippen LogP contribution < -0.4 is 10.9 Å². The summed E-state index contributed by atoms with van der Waals surface area (Å²) in [5.41, 5.74) is 5.70. The Labute approximate surface area is 121 Å². The monoisotopic (exact) mass is 306 g/mol. The topological polar surface area (TPSA) is 110 Å². The minimum atomic E-state index is -3.64. The van der Waals surface area contributed by atoms with E-state index in [2.05, 4.69) is 13.8 Å². The molecule has 0 aromatic carbocycles. The van der Waals surface area contributed by atoms with Crippen LogP contribution in [0.3, 0.4) is 0 Å². The predicted octanol–water partition coefficient (Wildman–Crippen LogP) is -0.655. The molecule has 0 aliphatic carbocycles. The Hall–Kier alpha value is -0.700. The van der Waals surface area contributed by atoms with Gasteiger partial charge in [-0.15, -0.1) is 0 Å². The Morgan fingerprint density at radius 1 is 1.20 bits per heavy atom. The number of rotatable bonds is 6. The molecule has 0 spiro atoms. The van der Waals surface area contributed by atoms with Crippen LogP contribution in [0.1, 0.15) is 26.7 Å². The Bertz CT molecular complexity index is 416. The van der Waals surface area contributed by atoms with Gasteiger partial charge in [-0.2, -0.15) is 12.7 Å². The van der Waals surface area contributed by atoms with Crippen LogP contribution in [-0.4, -0.2) is 56.3 Å². The highest BCUT2D eigenvalue weighted by molar-refractivity contribution is 7.86. The lowest BCUT2D eigenvalue weighted by atomic mass is 9.93. The maximum Gasteiger partial charge on any atom is 0.277 e. The van der Waals surface area contributed by atoms with Crippen molar-refractivity contribution in [2.45, 2.75) is 26.7 Å². The van der Waals surface area contributed by atoms with Gasteiger partial charge >= 0.3 is 0 Å². The number of nitrogens with two attached hydrogens (primary N) is 2. The molecule has 0 aromatic heterocycles. The molecule has 7 nitrogen and oxygen atoms in total. The number of piperazine rings is 1. The van der Waals surface area contributed by atoms with Crippen molar-refractivity contribution in [1.82, 2.24) is 9.21 Å². The molecule has 8 heteroatoms. The molecule has 0 saturated carbocycles. The van der Waals surface area contributed by atoms with Gasteiger partial charge in [0.25, 0.3) is 10.2 Å². The van der Waals surface area contributed by atoms with E-state index in [-0.39, 0.29) is 24.9 Å². The van der Waals surface area contributed by atoms with Gasteiger partial charge in [-0.05, 0) is 24.8 Å². The van der Waals surface area contributed by atoms with Crippen LogP contribution in [0.2, 0.25) is 0 Å². The molecule has 0 aromatic rings. The second-order valence-electron chi connectivity index (χ2n) is 5.76. The molecule has 4 N–H and O–H groups in total. The molecule has 0 bridgehead atoms. The van der Waals surface area contributed by atoms with Crippen LogP contribution >= 0.6 is 0 Å². The third-order valence-corrected chi connectivity index (χ3v) is 4.64. The van der Waals surface area contributed by atoms with E-state index in [1.165, 1.54) is 4.31 Å². The number of hydrogen-bond donors (Lipinski definition) is 2. The van der Waals surface area contributed by atoms with E-state index in [1.54, 1.807) is 4.90 Å². The summed E-state index contributed by atoms with van der Waals surface area (Å²) < 4.78 is 23.6. The molecule has 118 valence electrons. The fourth-order valence-corrected chi connectivity index (χ4v) is 3.17. The Morgan fingerprint density at radius 2 is 1.75 bits per heavy atom. The Morgan fingerprint density at radius 3 is 2.15 bits per heavy atom. The lowest BCUT2D eigenvalue weighted by Gasteiger charge is -2.33. The highest BCUT2D eigenvalue weighted by atomic mass is 32.2. The molecule has 1 amide bonds. The minimum absolute atomic E-state index is 0.0511. The van der Waals surface area contributed by atoms with Crippen molar-refractivity contribution in [1.29, 1.82) is 0 Å². The summed E-state index contributed by atoms with van der Waals surface area (Å²) in [5, 5.41) is 5.07. The normalized spacial score (nSPS) is 19.4. The van der Waals surface area contributed by atoms with E-state index in [9.17, 15) is 13.2 Å². The first-order valence-electron chi connectivity index (χ1n) is 6.99. The number of amides is 1. The zero-order valence-electron chi connectivity index (χ0n) is 12.3. The lowest BCUT2D eigenvalue weighted by molar-refractivity contribution is -0.133. The largest absolute Gasteiger partial charge is 0.340 e. The summed E-state index contributed by atoms with van der Waals surface area (Å²) in [5.74, 6) is 0.754. The summed E-state index contributed by atoms with van der Waals surface area (Å²) in [6.45, 7) is 6.05. The van der Waals surface area contributed by atoms with E-state index in [0.29, 0.717) is 32.0 Å². The number of carbonyl (C=O) groups is 1. The van der Waals surface area contributed by atoms with Crippen molar-refractivity contribution in [3.05, 3.63) is 0 Å². The first-order valence-corrected chi connectivity index (χ1v) is 8.50. The molecule has 1 atom stereocenters. The maximum absolute atomic E-state index is 12.2. The van der Waals surface area contributed by atoms with Crippen LogP contribution in [0.25, 0.3) is 0 Å². The molecule has 1 aliphatic rings. The van der Waals surface area contributed by atoms with Gasteiger partial charge in [-0.25, -0.2) is 5.14 Å². The smallest absolute Gasteiger partial charge is 0.277 e. The summed E-state index contributed by atoms with van der Waals surface area (Å²) in [6, 6.07) is 0. The fraction of sp³-hybridized carbons (Fsp3) is 0.917. The average Bonchev–Trinajstić information content (AvgIpc) is 2.36. The summed E-state index contributed by atoms with van der Waals surface area (Å²) >= 11 is 0. The van der Waals surface area contributed by atoms with E-state index >= 15 is 0 Å². The third kappa shape index (κ3) is 5.35. The van der Waals surface area contributed by atoms with E-state index < -0.39 is 10.2 Å². The number of nitrogens with zero attached hydrogens (tertiary/aromatic N) is 2. The third-order valence-electron chi connectivity index (χ3n) is 3.55. The molecule has 1 saturated heterocycles. The van der Waals surface area contributed by atoms with Gasteiger partial charge < -0.3 is 10.6 Å². The van der Waals surface area contributed by atoms with Crippen LogP contribution in [-0.2, 0) is 15.0 Å². The first kappa shape index (κ1) is 17.4. The van der Waals surface area contributed by atoms with Crippen molar-refractivity contribution in [3.63, 3.8) is 0 Å². The predicted molar refractivity (Wildman–Crippen MR) is 77.9 cm³/mol. The summed E-state index contributed by atoms with van der Waals surface area (Å²) in [4.78, 5) is 13.9. The summed E-state index contributed by atoms with van der Waals surface area (Å²) in [7, 11) is -3.64. The van der Waals surface area contributed by atoms with Crippen molar-refractivity contribution in [3.8, 4) is 0 Å². The SMILES string of the molecule is CC(C)CC(CN)CC(=O)N1CCN(S(N)(=O)=O)CC1. The quantitative estimate of drug-likeness (QED) is 0.679. The van der Waals surface area contributed by atoms with Crippen LogP contribution in [0.15, 0.2) is 0 Å². The van der Waals surface area contributed by atoms with E-state index in [4.69, 9.17) is 10.9 Å². The first-order chi connectivity index (χ1) is 9.24. The Balaban J connectivity index is 2.46. The number of carbonyl (C=O) groups excluding carboxylic acids is 1. The van der Waals surface area contributed by atoms with Crippen molar-refractivity contribution in [2.24, 2.45) is 22.7 Å². The second kappa shape index (κ2) is 7.35. The minimum Gasteiger partial charge on any atom is -0.340 e. The molecule has 20 heavy (non-hydrogen) atoms. The average molecular weight is 306 g/mol. The van der Waals surface area contributed by atoms with Gasteiger partial charge in [-0.3, -0.25) is 4.79 Å². The van der Waals surface area contributed by atoms with Crippen molar-refractivity contribution in [2.75, 3.05) is 32.7 Å². The standard InChI is InChI=1S/C12H26N4O3S/c1-10(2)7-11(9-13)8-12(17)15-3-5-16(6-4-15)20(14,18)19/h10-11H,3-9,13H2,1-2H3,(H2,14,18,19). The maximum atomic E-state index is 12.2. The van der Waals surface area contributed by atoms with Crippen LogP contribution in [0.5, 0.6) is 0 Å². The molecular formula is C12H26N4O3S. The van der Waals surface area contributed by atoms with Gasteiger partial charge in [0.05, 0.1) is 0 Å². The van der Waals surface area contributed by atoms with Gasteiger partial charge in [0.1, 0.15) is 0 Å². The van der Waals surface area contributed by atoms with Gasteiger partial charge in [0.15, 0.2) is 0 Å². The molecule has 1 heterocycles. The second-order valence-corrected chi connectivity index (χ2v) is 7.31. The van der Waals surface area contributed by atoms with Crippen LogP contribution in [0, 0.1) is 11.8 Å². The molecular weight excluding hydrogens is 280 g/mol. The molecule has 0 radical (unpaired) electrons. The molecule has 1 aliphatic heterocycles. The zero-order valence-corrected chi connectivity index (χ0v) is 13.1. The lowest BCUT2D eigenvalue weighted by Crippen LogP contribution is -2.52. The summed E-state index contributed by atoms with van der Waals surface area (Å²) in [6.07, 6.45) is 1.36. The highest BCUT2D eigenvalue weighted by Crippen LogP contribution is 2.16. The fourth-order valence-electron chi connectivity index (χ4n) is 2.50. The van der Waals surface area contributed by atoms with Crippen molar-refractivity contribution >= 4 is 16.1 Å². The van der Waals surface area contributed by atoms with Gasteiger partial charge in [0, 0.05) is 32.6 Å². The zero-order chi connectivity index (χ0) is 15.3. The van der Waals surface area contributed by atoms with E-state index in [0.717, 1.165) is 6.42 Å².